The number of para-hydroxylation sites is 1. The lowest BCUT2D eigenvalue weighted by Gasteiger charge is -2.08. The Balaban J connectivity index is 1.45. The summed E-state index contributed by atoms with van der Waals surface area (Å²) >= 11 is 0. The Morgan fingerprint density at radius 1 is 1.03 bits per heavy atom. The smallest absolute Gasteiger partial charge is 0.336 e. The third kappa shape index (κ3) is 6.05. The maximum atomic E-state index is 11.8. The van der Waals surface area contributed by atoms with Gasteiger partial charge in [0.15, 0.2) is 6.61 Å². The summed E-state index contributed by atoms with van der Waals surface area (Å²) in [5.41, 5.74) is 3.71. The first-order chi connectivity index (χ1) is 15.4. The van der Waals surface area contributed by atoms with Crippen LogP contribution in [0.1, 0.15) is 21.7 Å². The van der Waals surface area contributed by atoms with E-state index in [0.717, 1.165) is 5.56 Å². The van der Waals surface area contributed by atoms with E-state index in [0.29, 0.717) is 22.8 Å². The number of ether oxygens (including phenoxy) is 1. The van der Waals surface area contributed by atoms with Crippen molar-refractivity contribution in [1.82, 2.24) is 10.7 Å². The number of rotatable bonds is 9. The first-order valence-electron chi connectivity index (χ1n) is 9.63. The molecular formula is C23H21N3O6. The van der Waals surface area contributed by atoms with E-state index in [-0.39, 0.29) is 18.7 Å². The van der Waals surface area contributed by atoms with Crippen LogP contribution in [0.2, 0.25) is 0 Å². The van der Waals surface area contributed by atoms with Crippen LogP contribution < -0.4 is 15.5 Å². The van der Waals surface area contributed by atoms with Crippen molar-refractivity contribution in [2.24, 2.45) is 5.10 Å². The lowest BCUT2D eigenvalue weighted by Crippen LogP contribution is -2.37. The van der Waals surface area contributed by atoms with Gasteiger partial charge in [-0.25, -0.2) is 10.2 Å². The Hall–Kier alpha value is -4.40. The van der Waals surface area contributed by atoms with Crippen molar-refractivity contribution in [2.45, 2.75) is 6.92 Å². The molecule has 0 radical (unpaired) electrons. The monoisotopic (exact) mass is 435 g/mol. The van der Waals surface area contributed by atoms with Gasteiger partial charge in [0.05, 0.1) is 18.3 Å². The Kier molecular flexibility index (Phi) is 7.37. The SMILES string of the molecule is Cc1ccccc1OCC(=O)NCC(=O)N/N=C\c1ccc(-c2ccccc2C(=O)O)o1. The number of amides is 2. The number of carbonyl (C=O) groups is 3. The van der Waals surface area contributed by atoms with Gasteiger partial charge in [-0.2, -0.15) is 5.10 Å². The van der Waals surface area contributed by atoms with Crippen molar-refractivity contribution in [3.8, 4) is 17.1 Å². The summed E-state index contributed by atoms with van der Waals surface area (Å²) in [6.45, 7) is 1.38. The van der Waals surface area contributed by atoms with Crippen LogP contribution in [0.25, 0.3) is 11.3 Å². The van der Waals surface area contributed by atoms with Gasteiger partial charge in [-0.3, -0.25) is 9.59 Å². The van der Waals surface area contributed by atoms with Crippen molar-refractivity contribution in [1.29, 1.82) is 0 Å². The third-order valence-electron chi connectivity index (χ3n) is 4.33. The largest absolute Gasteiger partial charge is 0.484 e. The van der Waals surface area contributed by atoms with Crippen molar-refractivity contribution in [2.75, 3.05) is 13.2 Å². The molecular weight excluding hydrogens is 414 g/mol. The van der Waals surface area contributed by atoms with E-state index >= 15 is 0 Å². The van der Waals surface area contributed by atoms with Gasteiger partial charge in [-0.15, -0.1) is 0 Å². The van der Waals surface area contributed by atoms with Crippen molar-refractivity contribution in [3.63, 3.8) is 0 Å². The molecule has 9 heteroatoms. The number of nitrogens with one attached hydrogen (secondary N) is 2. The quantitative estimate of drug-likeness (QED) is 0.350. The summed E-state index contributed by atoms with van der Waals surface area (Å²) < 4.78 is 11.0. The molecule has 0 unspecified atom stereocenters. The topological polar surface area (TPSA) is 130 Å². The molecule has 3 aromatic rings. The summed E-state index contributed by atoms with van der Waals surface area (Å²) in [6.07, 6.45) is 1.27. The molecule has 0 fully saturated rings. The summed E-state index contributed by atoms with van der Waals surface area (Å²) in [5.74, 6) is -0.771. The fourth-order valence-corrected chi connectivity index (χ4v) is 2.75. The molecule has 1 heterocycles. The van der Waals surface area contributed by atoms with E-state index in [1.807, 2.05) is 19.1 Å². The van der Waals surface area contributed by atoms with E-state index in [1.165, 1.54) is 12.3 Å². The van der Waals surface area contributed by atoms with Gasteiger partial charge < -0.3 is 19.6 Å². The van der Waals surface area contributed by atoms with Crippen LogP contribution in [0.4, 0.5) is 0 Å². The van der Waals surface area contributed by atoms with E-state index in [4.69, 9.17) is 9.15 Å². The van der Waals surface area contributed by atoms with Crippen LogP contribution in [0.15, 0.2) is 70.2 Å². The molecule has 3 N–H and O–H groups in total. The molecule has 32 heavy (non-hydrogen) atoms. The number of benzene rings is 2. The minimum Gasteiger partial charge on any atom is -0.484 e. The molecule has 0 bridgehead atoms. The van der Waals surface area contributed by atoms with Gasteiger partial charge in [0.2, 0.25) is 0 Å². The molecule has 2 amide bonds. The molecule has 0 saturated carbocycles. The van der Waals surface area contributed by atoms with E-state index in [1.54, 1.807) is 42.5 Å². The third-order valence-corrected chi connectivity index (χ3v) is 4.33. The Labute approximate surface area is 183 Å². The maximum Gasteiger partial charge on any atom is 0.336 e. The zero-order chi connectivity index (χ0) is 22.9. The van der Waals surface area contributed by atoms with Crippen molar-refractivity contribution in [3.05, 3.63) is 77.6 Å². The van der Waals surface area contributed by atoms with Crippen LogP contribution in [-0.2, 0) is 9.59 Å². The van der Waals surface area contributed by atoms with E-state index in [2.05, 4.69) is 15.8 Å². The predicted molar refractivity (Wildman–Crippen MR) is 117 cm³/mol. The normalized spacial score (nSPS) is 10.7. The van der Waals surface area contributed by atoms with Gasteiger partial charge in [0.25, 0.3) is 11.8 Å². The molecule has 1 aromatic heterocycles. The fourth-order valence-electron chi connectivity index (χ4n) is 2.75. The number of furan rings is 1. The standard InChI is InChI=1S/C23H21N3O6/c1-15-6-2-5-9-19(15)31-14-22(28)24-13-21(27)26-25-12-16-10-11-20(32-16)17-7-3-4-8-18(17)23(29)30/h2-12H,13-14H2,1H3,(H,24,28)(H,26,27)(H,29,30)/b25-12-. The minimum absolute atomic E-state index is 0.112. The zero-order valence-corrected chi connectivity index (χ0v) is 17.2. The Morgan fingerprint density at radius 3 is 2.56 bits per heavy atom. The molecule has 0 aliphatic rings. The molecule has 3 rings (SSSR count). The average Bonchev–Trinajstić information content (AvgIpc) is 3.26. The van der Waals surface area contributed by atoms with Crippen LogP contribution in [0.5, 0.6) is 5.75 Å². The first-order valence-corrected chi connectivity index (χ1v) is 9.63. The zero-order valence-electron chi connectivity index (χ0n) is 17.2. The molecule has 0 aliphatic carbocycles. The number of aromatic carboxylic acids is 1. The first kappa shape index (κ1) is 22.3. The van der Waals surface area contributed by atoms with Gasteiger partial charge in [-0.1, -0.05) is 36.4 Å². The predicted octanol–water partition coefficient (Wildman–Crippen LogP) is 2.60. The Morgan fingerprint density at radius 2 is 1.78 bits per heavy atom. The van der Waals surface area contributed by atoms with Crippen LogP contribution in [-0.4, -0.2) is 42.3 Å². The summed E-state index contributed by atoms with van der Waals surface area (Å²) in [5, 5.41) is 15.5. The lowest BCUT2D eigenvalue weighted by molar-refractivity contribution is -0.127. The number of aryl methyl sites for hydroxylation is 1. The second-order valence-corrected chi connectivity index (χ2v) is 6.68. The number of nitrogens with zero attached hydrogens (tertiary/aromatic N) is 1. The number of carboxylic acids is 1. The average molecular weight is 435 g/mol. The lowest BCUT2D eigenvalue weighted by atomic mass is 10.1. The highest BCUT2D eigenvalue weighted by Gasteiger charge is 2.13. The van der Waals surface area contributed by atoms with Gasteiger partial charge in [-0.05, 0) is 36.8 Å². The summed E-state index contributed by atoms with van der Waals surface area (Å²) in [4.78, 5) is 35.0. The fraction of sp³-hybridized carbons (Fsp3) is 0.130. The highest BCUT2D eigenvalue weighted by Crippen LogP contribution is 2.25. The van der Waals surface area contributed by atoms with Gasteiger partial charge in [0, 0.05) is 5.56 Å². The van der Waals surface area contributed by atoms with Crippen LogP contribution >= 0.6 is 0 Å². The number of hydrazone groups is 1. The number of carboxylic acid groups (broad SMARTS) is 1. The van der Waals surface area contributed by atoms with Crippen molar-refractivity contribution >= 4 is 24.0 Å². The molecule has 0 aliphatic heterocycles. The van der Waals surface area contributed by atoms with Crippen molar-refractivity contribution < 1.29 is 28.6 Å². The molecule has 0 atom stereocenters. The molecule has 2 aromatic carbocycles. The van der Waals surface area contributed by atoms with E-state index in [9.17, 15) is 19.5 Å². The minimum atomic E-state index is -1.06. The highest BCUT2D eigenvalue weighted by molar-refractivity contribution is 5.95. The number of carbonyl (C=O) groups excluding carboxylic acids is 2. The maximum absolute atomic E-state index is 11.8. The summed E-state index contributed by atoms with van der Waals surface area (Å²) in [7, 11) is 0. The second kappa shape index (κ2) is 10.6. The van der Waals surface area contributed by atoms with Gasteiger partial charge in [0.1, 0.15) is 17.3 Å². The molecule has 9 nitrogen and oxygen atoms in total. The number of hydrogen-bond donors (Lipinski definition) is 3. The molecule has 164 valence electrons. The highest BCUT2D eigenvalue weighted by atomic mass is 16.5. The Bertz CT molecular complexity index is 1150. The summed E-state index contributed by atoms with van der Waals surface area (Å²) in [6, 6.07) is 16.9. The van der Waals surface area contributed by atoms with E-state index < -0.39 is 17.8 Å². The molecule has 0 saturated heterocycles. The second-order valence-electron chi connectivity index (χ2n) is 6.68. The molecule has 0 spiro atoms. The van der Waals surface area contributed by atoms with Crippen LogP contribution in [0, 0.1) is 6.92 Å². The number of hydrogen-bond acceptors (Lipinski definition) is 6. The van der Waals surface area contributed by atoms with Gasteiger partial charge >= 0.3 is 5.97 Å². The van der Waals surface area contributed by atoms with Crippen LogP contribution in [0.3, 0.4) is 0 Å².